The molecule has 4 heteroatoms. The molecule has 0 radical (unpaired) electrons. The Morgan fingerprint density at radius 2 is 2.09 bits per heavy atom. The number of guanidine groups is 1. The molecule has 3 rings (SSSR count). The van der Waals surface area contributed by atoms with E-state index in [-0.39, 0.29) is 0 Å². The lowest BCUT2D eigenvalue weighted by atomic mass is 9.68. The Hall–Kier alpha value is -0.770. The summed E-state index contributed by atoms with van der Waals surface area (Å²) in [6.07, 6.45) is 8.30. The van der Waals surface area contributed by atoms with Gasteiger partial charge in [0.05, 0.1) is 0 Å². The van der Waals surface area contributed by atoms with Gasteiger partial charge in [0.1, 0.15) is 0 Å². The Morgan fingerprint density at radius 1 is 1.23 bits per heavy atom. The molecule has 2 heterocycles. The van der Waals surface area contributed by atoms with Gasteiger partial charge in [-0.1, -0.05) is 13.3 Å². The van der Waals surface area contributed by atoms with Crippen molar-refractivity contribution in [2.24, 2.45) is 16.3 Å². The predicted molar refractivity (Wildman–Crippen MR) is 93.3 cm³/mol. The molecular weight excluding hydrogens is 272 g/mol. The maximum atomic E-state index is 5.00. The van der Waals surface area contributed by atoms with Crippen LogP contribution in [0.3, 0.4) is 0 Å². The molecule has 0 bridgehead atoms. The van der Waals surface area contributed by atoms with E-state index in [9.17, 15) is 0 Å². The van der Waals surface area contributed by atoms with E-state index in [0.717, 1.165) is 19.0 Å². The first-order chi connectivity index (χ1) is 10.7. The lowest BCUT2D eigenvalue weighted by molar-refractivity contribution is 0.151. The molecule has 2 aliphatic heterocycles. The number of hydrogen-bond donors (Lipinski definition) is 1. The highest BCUT2D eigenvalue weighted by Crippen LogP contribution is 2.47. The second-order valence-corrected chi connectivity index (χ2v) is 7.68. The Balaban J connectivity index is 1.52. The maximum Gasteiger partial charge on any atom is 0.193 e. The molecular formula is C18H34N4. The predicted octanol–water partition coefficient (Wildman–Crippen LogP) is 2.56. The Bertz CT molecular complexity index is 389. The Morgan fingerprint density at radius 3 is 2.73 bits per heavy atom. The van der Waals surface area contributed by atoms with Crippen LogP contribution in [0.1, 0.15) is 52.4 Å². The van der Waals surface area contributed by atoms with Crippen molar-refractivity contribution in [3.05, 3.63) is 0 Å². The summed E-state index contributed by atoms with van der Waals surface area (Å²) >= 11 is 0. The molecule has 0 aromatic rings. The molecule has 1 atom stereocenters. The van der Waals surface area contributed by atoms with Crippen molar-refractivity contribution in [2.75, 3.05) is 45.8 Å². The van der Waals surface area contributed by atoms with Crippen LogP contribution in [-0.2, 0) is 0 Å². The van der Waals surface area contributed by atoms with Gasteiger partial charge in [-0.15, -0.1) is 0 Å². The van der Waals surface area contributed by atoms with Crippen LogP contribution in [0, 0.1) is 11.3 Å². The van der Waals surface area contributed by atoms with Crippen LogP contribution < -0.4 is 5.32 Å². The smallest absolute Gasteiger partial charge is 0.193 e. The zero-order valence-electron chi connectivity index (χ0n) is 14.6. The van der Waals surface area contributed by atoms with Crippen LogP contribution in [0.4, 0.5) is 0 Å². The average Bonchev–Trinajstić information content (AvgIpc) is 3.10. The zero-order chi connectivity index (χ0) is 15.4. The molecule has 22 heavy (non-hydrogen) atoms. The lowest BCUT2D eigenvalue weighted by Crippen LogP contribution is -2.42. The summed E-state index contributed by atoms with van der Waals surface area (Å²) < 4.78 is 0. The van der Waals surface area contributed by atoms with Gasteiger partial charge in [-0.25, -0.2) is 0 Å². The third kappa shape index (κ3) is 3.58. The summed E-state index contributed by atoms with van der Waals surface area (Å²) in [6.45, 7) is 12.7. The van der Waals surface area contributed by atoms with E-state index in [1.807, 2.05) is 0 Å². The molecule has 1 aliphatic carbocycles. The number of nitrogens with one attached hydrogen (secondary N) is 1. The van der Waals surface area contributed by atoms with Gasteiger partial charge in [0.15, 0.2) is 5.96 Å². The number of hydrogen-bond acceptors (Lipinski definition) is 2. The van der Waals surface area contributed by atoms with Gasteiger partial charge in [0.2, 0.25) is 0 Å². The molecule has 1 N–H and O–H groups in total. The largest absolute Gasteiger partial charge is 0.357 e. The third-order valence-electron chi connectivity index (χ3n) is 5.90. The molecule has 3 aliphatic rings. The normalized spacial score (nSPS) is 28.4. The van der Waals surface area contributed by atoms with Crippen molar-refractivity contribution in [3.63, 3.8) is 0 Å². The van der Waals surface area contributed by atoms with Gasteiger partial charge in [0.25, 0.3) is 0 Å². The molecule has 4 nitrogen and oxygen atoms in total. The number of rotatable bonds is 5. The van der Waals surface area contributed by atoms with Crippen LogP contribution >= 0.6 is 0 Å². The highest BCUT2D eigenvalue weighted by Gasteiger charge is 2.43. The SMILES string of the molecule is CCCN1CCC(CN=C(NCC)N2CCC3(CCC3)C2)C1. The number of aliphatic imine (C=N–C) groups is 1. The number of nitrogens with zero attached hydrogens (tertiary/aromatic N) is 3. The average molecular weight is 306 g/mol. The molecule has 0 amide bonds. The molecule has 126 valence electrons. The lowest BCUT2D eigenvalue weighted by Gasteiger charge is -2.38. The quantitative estimate of drug-likeness (QED) is 0.625. The van der Waals surface area contributed by atoms with E-state index < -0.39 is 0 Å². The third-order valence-corrected chi connectivity index (χ3v) is 5.90. The van der Waals surface area contributed by atoms with Crippen LogP contribution in [-0.4, -0.2) is 61.6 Å². The van der Waals surface area contributed by atoms with Crippen molar-refractivity contribution in [1.29, 1.82) is 0 Å². The van der Waals surface area contributed by atoms with E-state index in [0.29, 0.717) is 5.41 Å². The zero-order valence-corrected chi connectivity index (χ0v) is 14.6. The minimum absolute atomic E-state index is 0.654. The minimum atomic E-state index is 0.654. The highest BCUT2D eigenvalue weighted by molar-refractivity contribution is 5.80. The first-order valence-electron chi connectivity index (χ1n) is 9.50. The highest BCUT2D eigenvalue weighted by atomic mass is 15.3. The topological polar surface area (TPSA) is 30.9 Å². The second kappa shape index (κ2) is 7.20. The van der Waals surface area contributed by atoms with E-state index >= 15 is 0 Å². The van der Waals surface area contributed by atoms with Gasteiger partial charge >= 0.3 is 0 Å². The fourth-order valence-electron chi connectivity index (χ4n) is 4.42. The van der Waals surface area contributed by atoms with Crippen LogP contribution in [0.5, 0.6) is 0 Å². The van der Waals surface area contributed by atoms with Crippen LogP contribution in [0.15, 0.2) is 4.99 Å². The van der Waals surface area contributed by atoms with Crippen molar-refractivity contribution in [1.82, 2.24) is 15.1 Å². The maximum absolute atomic E-state index is 5.00. The van der Waals surface area contributed by atoms with E-state index in [2.05, 4.69) is 29.0 Å². The van der Waals surface area contributed by atoms with Crippen LogP contribution in [0.25, 0.3) is 0 Å². The summed E-state index contributed by atoms with van der Waals surface area (Å²) in [6, 6.07) is 0. The van der Waals surface area contributed by atoms with Gasteiger partial charge in [-0.3, -0.25) is 4.99 Å². The first-order valence-corrected chi connectivity index (χ1v) is 9.50. The monoisotopic (exact) mass is 306 g/mol. The Labute approximate surface area is 136 Å². The van der Waals surface area contributed by atoms with Gasteiger partial charge in [0, 0.05) is 32.7 Å². The van der Waals surface area contributed by atoms with E-state index in [1.165, 1.54) is 77.2 Å². The standard InChI is InChI=1S/C18H34N4/c1-3-10-21-11-6-16(14-21)13-20-17(19-4-2)22-12-9-18(15-22)7-5-8-18/h16H,3-15H2,1-2H3,(H,19,20). The molecule has 0 aromatic carbocycles. The molecule has 1 spiro atoms. The summed E-state index contributed by atoms with van der Waals surface area (Å²) in [5.74, 6) is 1.95. The second-order valence-electron chi connectivity index (χ2n) is 7.68. The summed E-state index contributed by atoms with van der Waals surface area (Å²) in [5.41, 5.74) is 0.654. The Kier molecular flexibility index (Phi) is 5.27. The van der Waals surface area contributed by atoms with Crippen molar-refractivity contribution >= 4 is 5.96 Å². The first kappa shape index (κ1) is 16.1. The van der Waals surface area contributed by atoms with E-state index in [4.69, 9.17) is 4.99 Å². The van der Waals surface area contributed by atoms with Crippen molar-refractivity contribution < 1.29 is 0 Å². The van der Waals surface area contributed by atoms with Crippen molar-refractivity contribution in [3.8, 4) is 0 Å². The van der Waals surface area contributed by atoms with E-state index in [1.54, 1.807) is 0 Å². The molecule has 2 saturated heterocycles. The summed E-state index contributed by atoms with van der Waals surface area (Å²) in [5, 5.41) is 3.53. The van der Waals surface area contributed by atoms with Crippen LogP contribution in [0.2, 0.25) is 0 Å². The summed E-state index contributed by atoms with van der Waals surface area (Å²) in [7, 11) is 0. The van der Waals surface area contributed by atoms with Gasteiger partial charge in [-0.05, 0) is 63.5 Å². The molecule has 3 fully saturated rings. The molecule has 0 aromatic heterocycles. The number of likely N-dealkylation sites (tertiary alicyclic amines) is 2. The molecule has 1 saturated carbocycles. The minimum Gasteiger partial charge on any atom is -0.357 e. The van der Waals surface area contributed by atoms with Gasteiger partial charge < -0.3 is 15.1 Å². The fourth-order valence-corrected chi connectivity index (χ4v) is 4.42. The fraction of sp³-hybridized carbons (Fsp3) is 0.944. The summed E-state index contributed by atoms with van der Waals surface area (Å²) in [4.78, 5) is 10.1. The molecule has 1 unspecified atom stereocenters. The van der Waals surface area contributed by atoms with Gasteiger partial charge in [-0.2, -0.15) is 0 Å². The van der Waals surface area contributed by atoms with Crippen molar-refractivity contribution in [2.45, 2.75) is 52.4 Å².